The third-order valence-corrected chi connectivity index (χ3v) is 9.71. The average molecular weight is 960 g/mol. The summed E-state index contributed by atoms with van der Waals surface area (Å²) in [4.78, 5) is -7.78. The van der Waals surface area contributed by atoms with Gasteiger partial charge in [0.05, 0.1) is 14.7 Å². The Hall–Kier alpha value is -1.04. The SMILES string of the molecule is O=S(=O)([O-])c1cc(O)c(O)c(S(=O)(=O)[O-])c1.O=S(=O)([O-])c1cc(O)c(O)c(S(=O)(=O)[O-])c1.O=S(=O)([O-])c1cc([O-])c([O-])c(S(=O)(=O)[O-])c1.[Fe+3].[Fe+3].[Na+].[Na+]. The topological polar surface area (TPSA) is 470 Å². The molecule has 0 aliphatic carbocycles. The summed E-state index contributed by atoms with van der Waals surface area (Å²) < 4.78 is 189. The van der Waals surface area contributed by atoms with Crippen LogP contribution in [0.5, 0.6) is 34.5 Å². The number of aromatic hydroxyl groups is 4. The molecule has 0 aliphatic rings. The second-order valence-electron chi connectivity index (χ2n) is 8.05. The maximum atomic E-state index is 10.9. The smallest absolute Gasteiger partial charge is 0.873 e. The molecule has 0 saturated heterocycles. The minimum Gasteiger partial charge on any atom is -0.873 e. The summed E-state index contributed by atoms with van der Waals surface area (Å²) in [6.45, 7) is 0. The van der Waals surface area contributed by atoms with Crippen molar-refractivity contribution in [1.29, 1.82) is 0 Å². The van der Waals surface area contributed by atoms with Gasteiger partial charge in [-0.25, -0.2) is 50.5 Å². The van der Waals surface area contributed by atoms with Crippen LogP contribution >= 0.6 is 0 Å². The van der Waals surface area contributed by atoms with Crippen molar-refractivity contribution in [3.63, 3.8) is 0 Å². The molecule has 280 valence electrons. The zero-order valence-electron chi connectivity index (χ0n) is 24.6. The van der Waals surface area contributed by atoms with E-state index in [-0.39, 0.29) is 118 Å². The monoisotopic (exact) mass is 960 g/mol. The zero-order valence-corrected chi connectivity index (χ0v) is 35.7. The summed E-state index contributed by atoms with van der Waals surface area (Å²) in [6, 6.07) is 1.28. The number of hydrogen-bond donors (Lipinski definition) is 4. The molecular weight excluding hydrogens is 950 g/mol. The molecule has 0 unspecified atom stereocenters. The Labute approximate surface area is 358 Å². The molecule has 0 heterocycles. The Morgan fingerprint density at radius 1 is 0.385 bits per heavy atom. The first-order valence-electron chi connectivity index (χ1n) is 10.5. The summed E-state index contributed by atoms with van der Waals surface area (Å²) >= 11 is 0. The van der Waals surface area contributed by atoms with Crippen LogP contribution in [0.25, 0.3) is 0 Å². The molecule has 52 heavy (non-hydrogen) atoms. The van der Waals surface area contributed by atoms with E-state index in [9.17, 15) is 88.0 Å². The fourth-order valence-electron chi connectivity index (χ4n) is 2.69. The molecule has 0 spiro atoms. The number of hydrogen-bond acceptors (Lipinski definition) is 24. The summed E-state index contributed by atoms with van der Waals surface area (Å²) in [5, 5.41) is 57.6. The summed E-state index contributed by atoms with van der Waals surface area (Å²) in [7, 11) is -30.9. The molecule has 3 aromatic carbocycles. The van der Waals surface area contributed by atoms with Crippen LogP contribution in [0, 0.1) is 0 Å². The van der Waals surface area contributed by atoms with Gasteiger partial charge < -0.3 is 58.0 Å². The third kappa shape index (κ3) is 16.4. The van der Waals surface area contributed by atoms with Gasteiger partial charge in [0.15, 0.2) is 23.0 Å². The first-order valence-corrected chi connectivity index (χ1v) is 18.9. The van der Waals surface area contributed by atoms with Crippen molar-refractivity contribution in [1.82, 2.24) is 0 Å². The predicted octanol–water partition coefficient (Wildman–Crippen LogP) is -10.5. The van der Waals surface area contributed by atoms with Crippen LogP contribution in [-0.4, -0.2) is 98.2 Å². The van der Waals surface area contributed by atoms with Crippen molar-refractivity contribution < 1.29 is 202 Å². The van der Waals surface area contributed by atoms with E-state index in [4.69, 9.17) is 20.4 Å². The van der Waals surface area contributed by atoms with Gasteiger partial charge in [0.2, 0.25) is 0 Å². The van der Waals surface area contributed by atoms with E-state index in [1.165, 1.54) is 0 Å². The van der Waals surface area contributed by atoms with Crippen LogP contribution in [0.3, 0.4) is 0 Å². The Kier molecular flexibility index (Phi) is 22.4. The van der Waals surface area contributed by atoms with E-state index in [1.807, 2.05) is 0 Å². The van der Waals surface area contributed by atoms with Crippen LogP contribution in [0.2, 0.25) is 0 Å². The summed E-state index contributed by atoms with van der Waals surface area (Å²) in [5.74, 6) is -8.20. The molecule has 2 radical (unpaired) electrons. The van der Waals surface area contributed by atoms with Gasteiger partial charge in [0, 0.05) is 17.0 Å². The first-order chi connectivity index (χ1) is 21.1. The summed E-state index contributed by atoms with van der Waals surface area (Å²) in [5.41, 5.74) is 0. The van der Waals surface area contributed by atoms with Crippen LogP contribution in [0.1, 0.15) is 0 Å². The second kappa shape index (κ2) is 20.2. The van der Waals surface area contributed by atoms with E-state index < -0.39 is 125 Å². The van der Waals surface area contributed by atoms with Crippen LogP contribution < -0.4 is 69.3 Å². The van der Waals surface area contributed by atoms with Gasteiger partial charge in [0.1, 0.15) is 70.5 Å². The maximum Gasteiger partial charge on any atom is 3.00 e. The number of phenolic OH excluding ortho intramolecular Hbond substituents is 4. The Morgan fingerprint density at radius 3 is 0.846 bits per heavy atom. The molecule has 4 N–H and O–H groups in total. The molecule has 3 aromatic rings. The van der Waals surface area contributed by atoms with Crippen molar-refractivity contribution in [2.45, 2.75) is 29.4 Å². The minimum atomic E-state index is -5.30. The van der Waals surface area contributed by atoms with Gasteiger partial charge in [-0.15, -0.1) is 5.75 Å². The molecule has 0 aliphatic heterocycles. The molecule has 0 fully saturated rings. The predicted molar refractivity (Wildman–Crippen MR) is 133 cm³/mol. The minimum absolute atomic E-state index is 0. The van der Waals surface area contributed by atoms with Crippen molar-refractivity contribution in [3.05, 3.63) is 36.4 Å². The fraction of sp³-hybridized carbons (Fsp3) is 0. The van der Waals surface area contributed by atoms with Crippen LogP contribution in [0.15, 0.2) is 65.8 Å². The Balaban J connectivity index is -0.000000320. The maximum absolute atomic E-state index is 10.9. The molecule has 0 aromatic heterocycles. The Morgan fingerprint density at radius 2 is 0.615 bits per heavy atom. The number of rotatable bonds is 6. The molecule has 0 bridgehead atoms. The molecule has 34 heteroatoms. The van der Waals surface area contributed by atoms with Gasteiger partial charge in [-0.05, 0) is 18.2 Å². The number of phenols is 4. The Bertz CT molecular complexity index is 2180. The molecular formula is C18H10Fe2Na2O24S6. The van der Waals surface area contributed by atoms with E-state index in [0.717, 1.165) is 0 Å². The van der Waals surface area contributed by atoms with Gasteiger partial charge in [0.25, 0.3) is 0 Å². The van der Waals surface area contributed by atoms with Crippen molar-refractivity contribution in [3.8, 4) is 34.5 Å². The molecule has 0 saturated carbocycles. The fourth-order valence-corrected chi connectivity index (χ4v) is 6.29. The standard InChI is InChI=1S/3C6H6O8S2.2Fe.2Na/c3*7-4-1-3(15(9,10)11)2-5(6(4)8)16(12,13)14;;;;/h3*1-2,7-8H,(H,9,10,11)(H,12,13,14);;;;/q;;;2*+3;2*+1/p-8. The molecule has 0 amide bonds. The first kappa shape index (κ1) is 57.7. The molecule has 3 rings (SSSR count). The largest absolute Gasteiger partial charge is 3.00 e. The van der Waals surface area contributed by atoms with E-state index in [0.29, 0.717) is 12.1 Å². The average Bonchev–Trinajstić information content (AvgIpc) is 2.85. The van der Waals surface area contributed by atoms with E-state index in [1.54, 1.807) is 0 Å². The zero-order chi connectivity index (χ0) is 38.2. The van der Waals surface area contributed by atoms with Gasteiger partial charge >= 0.3 is 93.3 Å². The van der Waals surface area contributed by atoms with Gasteiger partial charge in [-0.2, -0.15) is 0 Å². The van der Waals surface area contributed by atoms with Crippen LogP contribution in [0.4, 0.5) is 0 Å². The van der Waals surface area contributed by atoms with E-state index >= 15 is 0 Å². The van der Waals surface area contributed by atoms with Crippen molar-refractivity contribution >= 4 is 60.7 Å². The van der Waals surface area contributed by atoms with Gasteiger partial charge in [-0.1, -0.05) is 11.8 Å². The normalized spacial score (nSPS) is 11.7. The quantitative estimate of drug-likeness (QED) is 0.101. The second-order valence-corrected chi connectivity index (χ2v) is 16.2. The van der Waals surface area contributed by atoms with Crippen LogP contribution in [-0.2, 0) is 94.8 Å². The van der Waals surface area contributed by atoms with Crippen molar-refractivity contribution in [2.24, 2.45) is 0 Å². The molecule has 0 atom stereocenters. The third-order valence-electron chi connectivity index (χ3n) is 4.73. The van der Waals surface area contributed by atoms with E-state index in [2.05, 4.69) is 0 Å². The van der Waals surface area contributed by atoms with Crippen molar-refractivity contribution in [2.75, 3.05) is 0 Å². The molecule has 24 nitrogen and oxygen atoms in total. The summed E-state index contributed by atoms with van der Waals surface area (Å²) in [6.07, 6.45) is 0. The van der Waals surface area contributed by atoms with Gasteiger partial charge in [-0.3, -0.25) is 0 Å². The number of benzene rings is 3.